The van der Waals surface area contributed by atoms with Crippen molar-refractivity contribution in [3.8, 4) is 0 Å². The Morgan fingerprint density at radius 1 is 1.08 bits per heavy atom. The first kappa shape index (κ1) is 12.1. The quantitative estimate of drug-likeness (QED) is 0.598. The zero-order chi connectivity index (χ0) is 9.61. The fraction of sp³-hybridized carbons (Fsp3) is 0.875. The monoisotopic (exact) mass is 191 g/mol. The summed E-state index contributed by atoms with van der Waals surface area (Å²) in [4.78, 5) is 0. The van der Waals surface area contributed by atoms with E-state index in [0.29, 0.717) is 5.92 Å². The lowest BCUT2D eigenvalue weighted by Crippen LogP contribution is -2.44. The minimum atomic E-state index is -2.41. The van der Waals surface area contributed by atoms with Crippen LogP contribution in [0.2, 0.25) is 0 Å². The highest BCUT2D eigenvalue weighted by Crippen LogP contribution is 2.15. The molecule has 0 rings (SSSR count). The van der Waals surface area contributed by atoms with Crippen LogP contribution in [0.25, 0.3) is 0 Å². The average Bonchev–Trinajstić information content (AvgIpc) is 2.08. The fourth-order valence-electron chi connectivity index (χ4n) is 0.880. The predicted molar refractivity (Wildman–Crippen MR) is 50.5 cm³/mol. The van der Waals surface area contributed by atoms with Crippen molar-refractivity contribution in [3.63, 3.8) is 0 Å². The Bertz CT molecular complexity index is 105. The molecule has 73 valence electrons. The molecule has 1 radical (unpaired) electrons. The minimum absolute atomic E-state index is 0.609. The fourth-order valence-corrected chi connectivity index (χ4v) is 2.64. The maximum atomic E-state index is 5.23. The first-order chi connectivity index (χ1) is 5.60. The van der Waals surface area contributed by atoms with E-state index in [-0.39, 0.29) is 0 Å². The molecule has 0 aromatic heterocycles. The molecule has 0 aliphatic rings. The normalized spacial score (nSPS) is 12.5. The van der Waals surface area contributed by atoms with Crippen LogP contribution < -0.4 is 0 Å². The first-order valence-electron chi connectivity index (χ1n) is 4.10. The van der Waals surface area contributed by atoms with Crippen molar-refractivity contribution < 1.29 is 13.3 Å². The van der Waals surface area contributed by atoms with Gasteiger partial charge in [0.15, 0.2) is 0 Å². The van der Waals surface area contributed by atoms with Gasteiger partial charge in [-0.1, -0.05) is 13.8 Å². The molecule has 0 aliphatic heterocycles. The van der Waals surface area contributed by atoms with Crippen LogP contribution in [0, 0.1) is 12.0 Å². The van der Waals surface area contributed by atoms with Gasteiger partial charge in [0.05, 0.1) is 0 Å². The van der Waals surface area contributed by atoms with Crippen LogP contribution in [-0.2, 0) is 13.3 Å². The Hall–Kier alpha value is 0.0969. The van der Waals surface area contributed by atoms with Crippen LogP contribution in [0.1, 0.15) is 20.3 Å². The summed E-state index contributed by atoms with van der Waals surface area (Å²) < 4.78 is 15.7. The summed E-state index contributed by atoms with van der Waals surface area (Å²) in [6, 6.07) is 2.03. The van der Waals surface area contributed by atoms with E-state index in [9.17, 15) is 0 Å². The van der Waals surface area contributed by atoms with Gasteiger partial charge in [-0.2, -0.15) is 0 Å². The molecule has 4 heteroatoms. The Labute approximate surface area is 76.4 Å². The van der Waals surface area contributed by atoms with Gasteiger partial charge in [0.2, 0.25) is 0 Å². The van der Waals surface area contributed by atoms with Gasteiger partial charge in [-0.3, -0.25) is 0 Å². The van der Waals surface area contributed by atoms with E-state index >= 15 is 0 Å². The van der Waals surface area contributed by atoms with E-state index in [1.54, 1.807) is 21.3 Å². The van der Waals surface area contributed by atoms with Crippen LogP contribution in [0.5, 0.6) is 0 Å². The Morgan fingerprint density at radius 3 is 1.75 bits per heavy atom. The minimum Gasteiger partial charge on any atom is -0.377 e. The smallest absolute Gasteiger partial charge is 0.377 e. The molecule has 0 N–H and O–H groups in total. The van der Waals surface area contributed by atoms with Gasteiger partial charge >= 0.3 is 8.80 Å². The second-order valence-corrected chi connectivity index (χ2v) is 5.89. The van der Waals surface area contributed by atoms with E-state index in [1.807, 2.05) is 6.04 Å². The maximum Gasteiger partial charge on any atom is 0.503 e. The van der Waals surface area contributed by atoms with Gasteiger partial charge in [-0.25, -0.2) is 0 Å². The van der Waals surface area contributed by atoms with Crippen molar-refractivity contribution in [2.75, 3.05) is 21.3 Å². The lowest BCUT2D eigenvalue weighted by Gasteiger charge is -2.24. The lowest BCUT2D eigenvalue weighted by atomic mass is 10.2. The summed E-state index contributed by atoms with van der Waals surface area (Å²) in [7, 11) is 2.46. The van der Waals surface area contributed by atoms with Crippen LogP contribution >= 0.6 is 0 Å². The van der Waals surface area contributed by atoms with E-state index in [4.69, 9.17) is 13.3 Å². The summed E-state index contributed by atoms with van der Waals surface area (Å²) in [5, 5.41) is 0. The molecule has 0 amide bonds. The third kappa shape index (κ3) is 3.67. The van der Waals surface area contributed by atoms with Gasteiger partial charge in [0.1, 0.15) is 0 Å². The average molecular weight is 191 g/mol. The molecule has 0 saturated heterocycles. The van der Waals surface area contributed by atoms with Crippen LogP contribution in [0.15, 0.2) is 0 Å². The molecular weight excluding hydrogens is 172 g/mol. The zero-order valence-corrected chi connectivity index (χ0v) is 9.59. The Balaban J connectivity index is 3.93. The molecule has 0 bridgehead atoms. The van der Waals surface area contributed by atoms with Gasteiger partial charge in [-0.15, -0.1) is 0 Å². The van der Waals surface area contributed by atoms with Crippen molar-refractivity contribution in [2.45, 2.75) is 20.3 Å². The molecule has 0 saturated carbocycles. The van der Waals surface area contributed by atoms with Crippen molar-refractivity contribution in [2.24, 2.45) is 5.92 Å². The Morgan fingerprint density at radius 2 is 1.50 bits per heavy atom. The molecule has 0 fully saturated rings. The van der Waals surface area contributed by atoms with Crippen molar-refractivity contribution in [1.82, 2.24) is 0 Å². The zero-order valence-electron chi connectivity index (χ0n) is 8.59. The number of hydrogen-bond donors (Lipinski definition) is 0. The lowest BCUT2D eigenvalue weighted by molar-refractivity contribution is 0.131. The largest absolute Gasteiger partial charge is 0.503 e. The topological polar surface area (TPSA) is 27.7 Å². The van der Waals surface area contributed by atoms with E-state index in [1.165, 1.54) is 0 Å². The van der Waals surface area contributed by atoms with Crippen molar-refractivity contribution in [3.05, 3.63) is 6.04 Å². The standard InChI is InChI=1S/C8H19O3Si/c1-8(2)6-7-12(9-3,10-4)11-5/h7-8H,6H2,1-5H3. The molecule has 0 spiro atoms. The van der Waals surface area contributed by atoms with Gasteiger partial charge < -0.3 is 13.3 Å². The van der Waals surface area contributed by atoms with E-state index < -0.39 is 8.80 Å². The second-order valence-electron chi connectivity index (χ2n) is 3.05. The summed E-state index contributed by atoms with van der Waals surface area (Å²) in [6.07, 6.45) is 0.960. The molecule has 0 aromatic rings. The second kappa shape index (κ2) is 5.69. The van der Waals surface area contributed by atoms with Gasteiger partial charge in [-0.05, 0) is 12.3 Å². The predicted octanol–water partition coefficient (Wildman–Crippen LogP) is 1.65. The molecule has 0 atom stereocenters. The third-order valence-corrected chi connectivity index (χ3v) is 4.14. The SMILES string of the molecule is CO[Si]([CH]CC(C)C)(OC)OC. The summed E-state index contributed by atoms with van der Waals surface area (Å²) >= 11 is 0. The highest BCUT2D eigenvalue weighted by atomic mass is 28.4. The summed E-state index contributed by atoms with van der Waals surface area (Å²) in [6.45, 7) is 4.30. The number of rotatable bonds is 6. The molecular formula is C8H19O3Si. The maximum absolute atomic E-state index is 5.23. The van der Waals surface area contributed by atoms with Crippen molar-refractivity contribution in [1.29, 1.82) is 0 Å². The number of hydrogen-bond acceptors (Lipinski definition) is 3. The van der Waals surface area contributed by atoms with Gasteiger partial charge in [0, 0.05) is 27.4 Å². The summed E-state index contributed by atoms with van der Waals surface area (Å²) in [5.74, 6) is 0.609. The van der Waals surface area contributed by atoms with Crippen LogP contribution in [-0.4, -0.2) is 30.1 Å². The molecule has 0 aromatic carbocycles. The van der Waals surface area contributed by atoms with Crippen molar-refractivity contribution >= 4 is 8.80 Å². The highest BCUT2D eigenvalue weighted by molar-refractivity contribution is 6.64. The summed E-state index contributed by atoms with van der Waals surface area (Å²) in [5.41, 5.74) is 0. The molecule has 0 unspecified atom stereocenters. The molecule has 12 heavy (non-hydrogen) atoms. The first-order valence-corrected chi connectivity index (χ1v) is 5.90. The van der Waals surface area contributed by atoms with Gasteiger partial charge in [0.25, 0.3) is 0 Å². The Kier molecular flexibility index (Phi) is 5.74. The van der Waals surface area contributed by atoms with Crippen LogP contribution in [0.4, 0.5) is 0 Å². The molecule has 0 heterocycles. The molecule has 3 nitrogen and oxygen atoms in total. The molecule has 0 aliphatic carbocycles. The van der Waals surface area contributed by atoms with E-state index in [0.717, 1.165) is 6.42 Å². The third-order valence-electron chi connectivity index (χ3n) is 1.69. The van der Waals surface area contributed by atoms with Crippen LogP contribution in [0.3, 0.4) is 0 Å². The highest BCUT2D eigenvalue weighted by Gasteiger charge is 2.37. The van der Waals surface area contributed by atoms with E-state index in [2.05, 4.69) is 13.8 Å².